The van der Waals surface area contributed by atoms with Crippen molar-refractivity contribution in [2.45, 2.75) is 42.7 Å². The van der Waals surface area contributed by atoms with Crippen LogP contribution in [0.3, 0.4) is 0 Å². The van der Waals surface area contributed by atoms with E-state index in [2.05, 4.69) is 40.3 Å². The smallest absolute Gasteiger partial charge is 0.229 e. The molecule has 2 aromatic rings. The van der Waals surface area contributed by atoms with Crippen LogP contribution in [-0.4, -0.2) is 34.4 Å². The number of halogens is 1. The van der Waals surface area contributed by atoms with Gasteiger partial charge in [-0.3, -0.25) is 4.79 Å². The molecule has 1 fully saturated rings. The molecule has 1 aliphatic rings. The molecule has 2 heterocycles. The fourth-order valence-corrected chi connectivity index (χ4v) is 5.03. The molecule has 3 rings (SSSR count). The third kappa shape index (κ3) is 5.11. The number of hydrogen-bond acceptors (Lipinski definition) is 6. The SMILES string of the molecule is CCC(C)Sc1nnc(NC(=O)C2CCN(c3cccc(Cl)c3)CC2)s1. The number of benzene rings is 1. The van der Waals surface area contributed by atoms with Crippen LogP contribution in [0.4, 0.5) is 10.8 Å². The maximum absolute atomic E-state index is 12.5. The molecule has 1 N–H and O–H groups in total. The summed E-state index contributed by atoms with van der Waals surface area (Å²) in [4.78, 5) is 14.8. The van der Waals surface area contributed by atoms with E-state index < -0.39 is 0 Å². The predicted octanol–water partition coefficient (Wildman–Crippen LogP) is 4.94. The number of piperidine rings is 1. The molecule has 1 aliphatic heterocycles. The van der Waals surface area contributed by atoms with Crippen molar-refractivity contribution in [3.63, 3.8) is 0 Å². The average molecular weight is 411 g/mol. The highest BCUT2D eigenvalue weighted by molar-refractivity contribution is 8.01. The Hall–Kier alpha value is -1.31. The zero-order valence-corrected chi connectivity index (χ0v) is 17.3. The highest BCUT2D eigenvalue weighted by Gasteiger charge is 2.26. The Kier molecular flexibility index (Phi) is 6.78. The Morgan fingerprint density at radius 1 is 1.42 bits per heavy atom. The summed E-state index contributed by atoms with van der Waals surface area (Å²) in [6.07, 6.45) is 2.73. The fourth-order valence-electron chi connectivity index (χ4n) is 2.84. The van der Waals surface area contributed by atoms with Gasteiger partial charge < -0.3 is 10.2 Å². The van der Waals surface area contributed by atoms with Crippen molar-refractivity contribution in [3.05, 3.63) is 29.3 Å². The molecule has 1 saturated heterocycles. The van der Waals surface area contributed by atoms with Crippen molar-refractivity contribution >= 4 is 51.4 Å². The van der Waals surface area contributed by atoms with E-state index >= 15 is 0 Å². The standard InChI is InChI=1S/C18H23ClN4OS2/c1-3-12(2)25-18-22-21-17(26-18)20-16(24)13-7-9-23(10-8-13)15-6-4-5-14(19)11-15/h4-6,11-13H,3,7-10H2,1-2H3,(H,20,21,24). The van der Waals surface area contributed by atoms with Crippen molar-refractivity contribution < 1.29 is 4.79 Å². The summed E-state index contributed by atoms with van der Waals surface area (Å²) >= 11 is 9.23. The van der Waals surface area contributed by atoms with Crippen LogP contribution in [-0.2, 0) is 4.79 Å². The van der Waals surface area contributed by atoms with Gasteiger partial charge in [0.25, 0.3) is 0 Å². The maximum atomic E-state index is 12.5. The third-order valence-corrected chi connectivity index (χ3v) is 6.98. The molecule has 1 amide bonds. The molecular formula is C18H23ClN4OS2. The number of aromatic nitrogens is 2. The normalized spacial score (nSPS) is 16.5. The van der Waals surface area contributed by atoms with Gasteiger partial charge in [-0.25, -0.2) is 0 Å². The van der Waals surface area contributed by atoms with Gasteiger partial charge in [0.05, 0.1) is 0 Å². The Morgan fingerprint density at radius 3 is 2.88 bits per heavy atom. The van der Waals surface area contributed by atoms with Gasteiger partial charge in [-0.1, -0.05) is 54.6 Å². The zero-order chi connectivity index (χ0) is 18.5. The van der Waals surface area contributed by atoms with Crippen molar-refractivity contribution in [2.24, 2.45) is 5.92 Å². The molecule has 0 saturated carbocycles. The molecule has 1 atom stereocenters. The van der Waals surface area contributed by atoms with E-state index in [1.165, 1.54) is 11.3 Å². The van der Waals surface area contributed by atoms with Crippen molar-refractivity contribution in [1.82, 2.24) is 10.2 Å². The molecule has 26 heavy (non-hydrogen) atoms. The van der Waals surface area contributed by atoms with Crippen LogP contribution in [0, 0.1) is 5.92 Å². The quantitative estimate of drug-likeness (QED) is 0.540. The molecule has 5 nitrogen and oxygen atoms in total. The summed E-state index contributed by atoms with van der Waals surface area (Å²) in [6.45, 7) is 6.02. The molecular weight excluding hydrogens is 388 g/mol. The molecule has 0 bridgehead atoms. The zero-order valence-electron chi connectivity index (χ0n) is 14.9. The topological polar surface area (TPSA) is 58.1 Å². The van der Waals surface area contributed by atoms with E-state index in [-0.39, 0.29) is 11.8 Å². The highest BCUT2D eigenvalue weighted by Crippen LogP contribution is 2.31. The first-order chi connectivity index (χ1) is 12.5. The first-order valence-electron chi connectivity index (χ1n) is 8.86. The lowest BCUT2D eigenvalue weighted by Crippen LogP contribution is -2.38. The van der Waals surface area contributed by atoms with Crippen LogP contribution in [0.1, 0.15) is 33.1 Å². The highest BCUT2D eigenvalue weighted by atomic mass is 35.5. The van der Waals surface area contributed by atoms with Gasteiger partial charge in [0.15, 0.2) is 4.34 Å². The van der Waals surface area contributed by atoms with Gasteiger partial charge in [-0.15, -0.1) is 10.2 Å². The lowest BCUT2D eigenvalue weighted by atomic mass is 9.95. The fraction of sp³-hybridized carbons (Fsp3) is 0.500. The number of carbonyl (C=O) groups excluding carboxylic acids is 1. The first-order valence-corrected chi connectivity index (χ1v) is 10.9. The number of hydrogen-bond donors (Lipinski definition) is 1. The van der Waals surface area contributed by atoms with E-state index in [0.29, 0.717) is 10.4 Å². The summed E-state index contributed by atoms with van der Waals surface area (Å²) in [6, 6.07) is 7.87. The molecule has 8 heteroatoms. The molecule has 0 radical (unpaired) electrons. The van der Waals surface area contributed by atoms with Crippen molar-refractivity contribution in [1.29, 1.82) is 0 Å². The van der Waals surface area contributed by atoms with Crippen molar-refractivity contribution in [2.75, 3.05) is 23.3 Å². The Morgan fingerprint density at radius 2 is 2.19 bits per heavy atom. The molecule has 1 unspecified atom stereocenters. The van der Waals surface area contributed by atoms with Gasteiger partial charge in [0.1, 0.15) is 0 Å². The third-order valence-electron chi connectivity index (χ3n) is 4.55. The summed E-state index contributed by atoms with van der Waals surface area (Å²) in [5.74, 6) is 0.0620. The second kappa shape index (κ2) is 9.06. The number of nitrogens with one attached hydrogen (secondary N) is 1. The van der Waals surface area contributed by atoms with Crippen LogP contribution in [0.2, 0.25) is 5.02 Å². The summed E-state index contributed by atoms with van der Waals surface area (Å²) in [5, 5.41) is 13.0. The first kappa shape index (κ1) is 19.5. The van der Waals surface area contributed by atoms with E-state index in [1.54, 1.807) is 11.8 Å². The number of anilines is 2. The predicted molar refractivity (Wildman–Crippen MR) is 111 cm³/mol. The van der Waals surface area contributed by atoms with E-state index in [1.807, 2.05) is 18.2 Å². The Bertz CT molecular complexity index is 746. The van der Waals surface area contributed by atoms with Crippen LogP contribution >= 0.6 is 34.7 Å². The summed E-state index contributed by atoms with van der Waals surface area (Å²) < 4.78 is 0.908. The second-order valence-corrected chi connectivity index (χ2v) is 9.54. The Balaban J connectivity index is 1.51. The van der Waals surface area contributed by atoms with Crippen LogP contribution in [0.25, 0.3) is 0 Å². The number of amides is 1. The van der Waals surface area contributed by atoms with Gasteiger partial charge in [0.2, 0.25) is 11.0 Å². The molecule has 1 aromatic heterocycles. The van der Waals surface area contributed by atoms with Crippen LogP contribution in [0.5, 0.6) is 0 Å². The van der Waals surface area contributed by atoms with E-state index in [0.717, 1.165) is 47.4 Å². The number of thioether (sulfide) groups is 1. The molecule has 0 aliphatic carbocycles. The minimum absolute atomic E-state index is 0.0139. The largest absolute Gasteiger partial charge is 0.371 e. The molecule has 0 spiro atoms. The minimum Gasteiger partial charge on any atom is -0.371 e. The number of nitrogens with zero attached hydrogens (tertiary/aromatic N) is 3. The monoisotopic (exact) mass is 410 g/mol. The Labute approximate surface area is 167 Å². The average Bonchev–Trinajstić information content (AvgIpc) is 3.08. The van der Waals surface area contributed by atoms with Crippen molar-refractivity contribution in [3.8, 4) is 0 Å². The summed E-state index contributed by atoms with van der Waals surface area (Å²) in [7, 11) is 0. The van der Waals surface area contributed by atoms with Crippen LogP contribution in [0.15, 0.2) is 28.6 Å². The van der Waals surface area contributed by atoms with Crippen LogP contribution < -0.4 is 10.2 Å². The number of rotatable bonds is 6. The molecule has 140 valence electrons. The minimum atomic E-state index is 0.0139. The second-order valence-electron chi connectivity index (χ2n) is 6.44. The lowest BCUT2D eigenvalue weighted by molar-refractivity contribution is -0.120. The van der Waals surface area contributed by atoms with E-state index in [4.69, 9.17) is 11.6 Å². The maximum Gasteiger partial charge on any atom is 0.229 e. The summed E-state index contributed by atoms with van der Waals surface area (Å²) in [5.41, 5.74) is 1.12. The van der Waals surface area contributed by atoms with Gasteiger partial charge in [-0.2, -0.15) is 0 Å². The van der Waals surface area contributed by atoms with Gasteiger partial charge in [0, 0.05) is 35.0 Å². The van der Waals surface area contributed by atoms with E-state index in [9.17, 15) is 4.79 Å². The number of carbonyl (C=O) groups is 1. The lowest BCUT2D eigenvalue weighted by Gasteiger charge is -2.32. The molecule has 1 aromatic carbocycles. The van der Waals surface area contributed by atoms with Gasteiger partial charge in [-0.05, 0) is 37.5 Å². The van der Waals surface area contributed by atoms with Gasteiger partial charge >= 0.3 is 0 Å².